The third kappa shape index (κ3) is 5.04. The maximum atomic E-state index is 13.6. The first-order chi connectivity index (χ1) is 11.0. The normalized spacial score (nSPS) is 19.9. The summed E-state index contributed by atoms with van der Waals surface area (Å²) in [6, 6.07) is 4.16. The van der Waals surface area contributed by atoms with Crippen LogP contribution in [0.4, 0.5) is 4.39 Å². The number of guanidine groups is 1. The Bertz CT molecular complexity index is 633. The summed E-state index contributed by atoms with van der Waals surface area (Å²) in [7, 11) is 0. The molecule has 7 heteroatoms. The molecular formula is C16H20ClFN4O. The molecule has 0 radical (unpaired) electrons. The number of benzene rings is 1. The van der Waals surface area contributed by atoms with E-state index in [0.29, 0.717) is 29.5 Å². The van der Waals surface area contributed by atoms with Gasteiger partial charge in [0.2, 0.25) is 5.96 Å². The Morgan fingerprint density at radius 2 is 2.35 bits per heavy atom. The Morgan fingerprint density at radius 1 is 1.57 bits per heavy atom. The van der Waals surface area contributed by atoms with Crippen LogP contribution in [0.2, 0.25) is 5.02 Å². The molecule has 1 aliphatic rings. The van der Waals surface area contributed by atoms with Crippen molar-refractivity contribution < 1.29 is 9.13 Å². The zero-order chi connectivity index (χ0) is 16.8. The van der Waals surface area contributed by atoms with Gasteiger partial charge in [0.15, 0.2) is 0 Å². The molecule has 2 rings (SSSR count). The quantitative estimate of drug-likeness (QED) is 0.657. The third-order valence-electron chi connectivity index (χ3n) is 3.50. The second-order valence-corrected chi connectivity index (χ2v) is 5.71. The number of rotatable bonds is 3. The molecule has 0 aromatic heterocycles. The summed E-state index contributed by atoms with van der Waals surface area (Å²) in [5.74, 6) is -0.567. The minimum absolute atomic E-state index is 0.179. The number of hydrogen-bond donors (Lipinski definition) is 2. The van der Waals surface area contributed by atoms with Crippen LogP contribution in [0.5, 0.6) is 0 Å². The smallest absolute Gasteiger partial charge is 0.212 e. The Morgan fingerprint density at radius 3 is 3.09 bits per heavy atom. The molecule has 5 nitrogen and oxygen atoms in total. The monoisotopic (exact) mass is 338 g/mol. The zero-order valence-electron chi connectivity index (χ0n) is 12.9. The number of nitrogens with two attached hydrogens (primary N) is 1. The first-order valence-electron chi connectivity index (χ1n) is 7.33. The van der Waals surface area contributed by atoms with Gasteiger partial charge in [0.05, 0.1) is 12.6 Å². The van der Waals surface area contributed by atoms with E-state index in [0.717, 1.165) is 13.0 Å². The molecule has 0 spiro atoms. The van der Waals surface area contributed by atoms with E-state index in [2.05, 4.69) is 4.99 Å². The first-order valence-corrected chi connectivity index (χ1v) is 7.71. The van der Waals surface area contributed by atoms with Crippen LogP contribution < -0.4 is 5.73 Å². The van der Waals surface area contributed by atoms with Crippen molar-refractivity contribution in [3.63, 3.8) is 0 Å². The number of nitrogens with zero attached hydrogens (tertiary/aromatic N) is 2. The topological polar surface area (TPSA) is 74.7 Å². The summed E-state index contributed by atoms with van der Waals surface area (Å²) in [6.45, 7) is 3.59. The molecule has 1 saturated heterocycles. The highest BCUT2D eigenvalue weighted by atomic mass is 35.5. The number of ether oxygens (including phenoxy) is 1. The fraction of sp³-hybridized carbons (Fsp3) is 0.375. The molecule has 0 bridgehead atoms. The van der Waals surface area contributed by atoms with Crippen LogP contribution >= 0.6 is 11.6 Å². The van der Waals surface area contributed by atoms with E-state index in [1.165, 1.54) is 12.1 Å². The molecule has 1 atom stereocenters. The molecule has 1 heterocycles. The van der Waals surface area contributed by atoms with Gasteiger partial charge in [-0.25, -0.2) is 9.38 Å². The third-order valence-corrected chi connectivity index (χ3v) is 3.85. The van der Waals surface area contributed by atoms with Crippen LogP contribution in [0.3, 0.4) is 0 Å². The molecule has 0 aliphatic carbocycles. The fourth-order valence-electron chi connectivity index (χ4n) is 2.44. The van der Waals surface area contributed by atoms with Gasteiger partial charge in [0.1, 0.15) is 5.82 Å². The minimum atomic E-state index is -0.327. The minimum Gasteiger partial charge on any atom is -0.379 e. The number of hydrogen-bond acceptors (Lipinski definition) is 3. The lowest BCUT2D eigenvalue weighted by atomic mass is 10.1. The lowest BCUT2D eigenvalue weighted by molar-refractivity contribution is 0.114. The lowest BCUT2D eigenvalue weighted by Gasteiger charge is -2.29. The van der Waals surface area contributed by atoms with Crippen molar-refractivity contribution in [3.05, 3.63) is 46.9 Å². The summed E-state index contributed by atoms with van der Waals surface area (Å²) in [5, 5.41) is 7.68. The van der Waals surface area contributed by atoms with Crippen molar-refractivity contribution in [2.24, 2.45) is 10.7 Å². The Hall–Kier alpha value is -1.92. The van der Waals surface area contributed by atoms with Crippen LogP contribution in [0.25, 0.3) is 0 Å². The summed E-state index contributed by atoms with van der Waals surface area (Å²) in [4.78, 5) is 5.91. The highest BCUT2D eigenvalue weighted by Gasteiger charge is 2.23. The van der Waals surface area contributed by atoms with E-state index < -0.39 is 0 Å². The summed E-state index contributed by atoms with van der Waals surface area (Å²) >= 11 is 6.24. The van der Waals surface area contributed by atoms with Crippen molar-refractivity contribution >= 4 is 23.3 Å². The van der Waals surface area contributed by atoms with E-state index in [1.54, 1.807) is 19.1 Å². The average molecular weight is 339 g/mol. The van der Waals surface area contributed by atoms with E-state index in [-0.39, 0.29) is 17.8 Å². The van der Waals surface area contributed by atoms with Gasteiger partial charge in [-0.3, -0.25) is 5.41 Å². The molecule has 1 aromatic rings. The van der Waals surface area contributed by atoms with Gasteiger partial charge in [-0.15, -0.1) is 0 Å². The van der Waals surface area contributed by atoms with Gasteiger partial charge in [-0.05, 0) is 43.2 Å². The van der Waals surface area contributed by atoms with Crippen LogP contribution in [0, 0.1) is 11.2 Å². The summed E-state index contributed by atoms with van der Waals surface area (Å²) in [5.41, 5.74) is 6.56. The number of aliphatic imine (C=N–C) groups is 1. The van der Waals surface area contributed by atoms with Crippen molar-refractivity contribution in [2.75, 3.05) is 19.8 Å². The number of allylic oxidation sites excluding steroid dienone is 1. The Balaban J connectivity index is 2.28. The van der Waals surface area contributed by atoms with Crippen LogP contribution in [0.1, 0.15) is 24.9 Å². The standard InChI is InChI=1S/C16H20ClFN4O/c1-11(21-16(19)20)5-7-22-6-2-8-23-10-15(22)13-9-12(18)3-4-14(13)17/h3-5,7,9,15H,2,6,8,10H2,1H3,(H3,19,20)/b7-5+,21-11?. The fourth-order valence-corrected chi connectivity index (χ4v) is 2.69. The van der Waals surface area contributed by atoms with Crippen molar-refractivity contribution in [3.8, 4) is 0 Å². The maximum Gasteiger partial charge on any atom is 0.212 e. The Kier molecular flexibility index (Phi) is 6.12. The molecule has 124 valence electrons. The predicted molar refractivity (Wildman–Crippen MR) is 90.5 cm³/mol. The summed E-state index contributed by atoms with van der Waals surface area (Å²) < 4.78 is 19.2. The number of nitrogens with one attached hydrogen (secondary N) is 1. The van der Waals surface area contributed by atoms with Gasteiger partial charge in [0, 0.05) is 30.1 Å². The second kappa shape index (κ2) is 8.08. The maximum absolute atomic E-state index is 13.6. The van der Waals surface area contributed by atoms with E-state index in [9.17, 15) is 4.39 Å². The largest absolute Gasteiger partial charge is 0.379 e. The molecule has 1 aliphatic heterocycles. The molecule has 3 N–H and O–H groups in total. The van der Waals surface area contributed by atoms with Gasteiger partial charge in [0.25, 0.3) is 0 Å². The zero-order valence-corrected chi connectivity index (χ0v) is 13.7. The van der Waals surface area contributed by atoms with E-state index >= 15 is 0 Å². The van der Waals surface area contributed by atoms with Crippen LogP contribution in [-0.4, -0.2) is 36.3 Å². The highest BCUT2D eigenvalue weighted by Crippen LogP contribution is 2.30. The van der Waals surface area contributed by atoms with Crippen molar-refractivity contribution in [1.82, 2.24) is 4.90 Å². The van der Waals surface area contributed by atoms with Crippen LogP contribution in [-0.2, 0) is 4.74 Å². The van der Waals surface area contributed by atoms with Gasteiger partial charge in [-0.1, -0.05) is 11.6 Å². The van der Waals surface area contributed by atoms with Gasteiger partial charge < -0.3 is 15.4 Å². The molecule has 23 heavy (non-hydrogen) atoms. The predicted octanol–water partition coefficient (Wildman–Crippen LogP) is 3.11. The SMILES string of the molecule is CC(/C=C/N1CCCOCC1c1cc(F)ccc1Cl)=NC(=N)N. The second-order valence-electron chi connectivity index (χ2n) is 5.30. The van der Waals surface area contributed by atoms with E-state index in [4.69, 9.17) is 27.5 Å². The Labute approximate surface area is 140 Å². The highest BCUT2D eigenvalue weighted by molar-refractivity contribution is 6.31. The molecule has 0 amide bonds. The van der Waals surface area contributed by atoms with Crippen molar-refractivity contribution in [2.45, 2.75) is 19.4 Å². The van der Waals surface area contributed by atoms with Crippen LogP contribution in [0.15, 0.2) is 35.5 Å². The molecule has 1 aromatic carbocycles. The van der Waals surface area contributed by atoms with Gasteiger partial charge >= 0.3 is 0 Å². The van der Waals surface area contributed by atoms with Gasteiger partial charge in [-0.2, -0.15) is 0 Å². The van der Waals surface area contributed by atoms with E-state index in [1.807, 2.05) is 11.1 Å². The first kappa shape index (κ1) is 17.4. The molecule has 0 saturated carbocycles. The lowest BCUT2D eigenvalue weighted by Crippen LogP contribution is -2.26. The number of halogens is 2. The molecular weight excluding hydrogens is 319 g/mol. The average Bonchev–Trinajstić information content (AvgIpc) is 2.72. The summed E-state index contributed by atoms with van der Waals surface area (Å²) in [6.07, 6.45) is 4.49. The molecule has 1 fully saturated rings. The molecule has 1 unspecified atom stereocenters. The van der Waals surface area contributed by atoms with Crippen molar-refractivity contribution in [1.29, 1.82) is 5.41 Å².